The van der Waals surface area contributed by atoms with Crippen molar-refractivity contribution in [1.29, 1.82) is 5.26 Å². The molecule has 116 valence electrons. The van der Waals surface area contributed by atoms with Crippen LogP contribution in [0.25, 0.3) is 0 Å². The van der Waals surface area contributed by atoms with Gasteiger partial charge in [-0.15, -0.1) is 0 Å². The highest BCUT2D eigenvalue weighted by Gasteiger charge is 2.05. The predicted molar refractivity (Wildman–Crippen MR) is 82.2 cm³/mol. The monoisotopic (exact) mass is 311 g/mol. The maximum absolute atomic E-state index is 11.6. The molecule has 7 heteroatoms. The molecular formula is C16H13N3O4. The average Bonchev–Trinajstić information content (AvgIpc) is 2.55. The number of para-hydroxylation sites is 1. The Morgan fingerprint density at radius 2 is 2.09 bits per heavy atom. The fourth-order valence-corrected chi connectivity index (χ4v) is 1.68. The lowest BCUT2D eigenvalue weighted by Gasteiger charge is -2.06. The van der Waals surface area contributed by atoms with Gasteiger partial charge in [0.2, 0.25) is 0 Å². The SMILES string of the molecule is N#Cc1ccccc1OCC(=O)NN=Cc1ccc(O)cc1O. The molecule has 0 aliphatic rings. The van der Waals surface area contributed by atoms with E-state index in [1.807, 2.05) is 6.07 Å². The van der Waals surface area contributed by atoms with E-state index in [-0.39, 0.29) is 18.1 Å². The van der Waals surface area contributed by atoms with E-state index < -0.39 is 5.91 Å². The van der Waals surface area contributed by atoms with Crippen LogP contribution in [0, 0.1) is 11.3 Å². The lowest BCUT2D eigenvalue weighted by Crippen LogP contribution is -2.24. The number of ether oxygens (including phenoxy) is 1. The molecular weight excluding hydrogens is 298 g/mol. The molecule has 0 fully saturated rings. The summed E-state index contributed by atoms with van der Waals surface area (Å²) in [6.45, 7) is -0.308. The van der Waals surface area contributed by atoms with Gasteiger partial charge < -0.3 is 14.9 Å². The van der Waals surface area contributed by atoms with Gasteiger partial charge in [-0.2, -0.15) is 10.4 Å². The van der Waals surface area contributed by atoms with Gasteiger partial charge in [-0.3, -0.25) is 4.79 Å². The number of phenols is 2. The van der Waals surface area contributed by atoms with E-state index >= 15 is 0 Å². The van der Waals surface area contributed by atoms with Crippen LogP contribution < -0.4 is 10.2 Å². The molecule has 0 heterocycles. The first-order valence-corrected chi connectivity index (χ1v) is 6.56. The molecule has 7 nitrogen and oxygen atoms in total. The van der Waals surface area contributed by atoms with E-state index in [9.17, 15) is 9.90 Å². The highest BCUT2D eigenvalue weighted by molar-refractivity contribution is 5.85. The van der Waals surface area contributed by atoms with Crippen LogP contribution in [0.1, 0.15) is 11.1 Å². The Balaban J connectivity index is 1.88. The summed E-state index contributed by atoms with van der Waals surface area (Å²) >= 11 is 0. The maximum Gasteiger partial charge on any atom is 0.277 e. The van der Waals surface area contributed by atoms with Crippen molar-refractivity contribution in [2.75, 3.05) is 6.61 Å². The van der Waals surface area contributed by atoms with Crippen molar-refractivity contribution in [3.8, 4) is 23.3 Å². The van der Waals surface area contributed by atoms with Gasteiger partial charge in [0.15, 0.2) is 6.61 Å². The standard InChI is InChI=1S/C16H13N3O4/c17-8-11-3-1-2-4-15(11)23-10-16(22)19-18-9-12-5-6-13(20)7-14(12)21/h1-7,9,20-21H,10H2,(H,19,22). The molecule has 3 N–H and O–H groups in total. The Labute approximate surface area is 132 Å². The number of phenolic OH excluding ortho intramolecular Hbond substituents is 2. The summed E-state index contributed by atoms with van der Waals surface area (Å²) in [7, 11) is 0. The first kappa shape index (κ1) is 15.9. The molecule has 2 rings (SSSR count). The summed E-state index contributed by atoms with van der Waals surface area (Å²) < 4.78 is 5.24. The van der Waals surface area contributed by atoms with Crippen molar-refractivity contribution in [2.45, 2.75) is 0 Å². The topological polar surface area (TPSA) is 115 Å². The number of nitrogens with one attached hydrogen (secondary N) is 1. The smallest absolute Gasteiger partial charge is 0.277 e. The van der Waals surface area contributed by atoms with Crippen LogP contribution in [0.2, 0.25) is 0 Å². The first-order valence-electron chi connectivity index (χ1n) is 6.56. The Kier molecular flexibility index (Phi) is 5.15. The third kappa shape index (κ3) is 4.47. The molecule has 0 saturated heterocycles. The number of hydrogen-bond donors (Lipinski definition) is 3. The van der Waals surface area contributed by atoms with Gasteiger partial charge in [0.05, 0.1) is 11.8 Å². The Morgan fingerprint density at radius 3 is 2.83 bits per heavy atom. The fourth-order valence-electron chi connectivity index (χ4n) is 1.68. The van der Waals surface area contributed by atoms with Gasteiger partial charge in [-0.05, 0) is 24.3 Å². The summed E-state index contributed by atoms with van der Waals surface area (Å²) in [6.07, 6.45) is 1.23. The molecule has 23 heavy (non-hydrogen) atoms. The van der Waals surface area contributed by atoms with Crippen LogP contribution in [0.3, 0.4) is 0 Å². The van der Waals surface area contributed by atoms with E-state index in [0.717, 1.165) is 6.07 Å². The number of rotatable bonds is 5. The lowest BCUT2D eigenvalue weighted by molar-refractivity contribution is -0.123. The molecule has 0 spiro atoms. The largest absolute Gasteiger partial charge is 0.508 e. The molecule has 0 saturated carbocycles. The maximum atomic E-state index is 11.6. The van der Waals surface area contributed by atoms with Crippen molar-refractivity contribution < 1.29 is 19.7 Å². The molecule has 0 radical (unpaired) electrons. The van der Waals surface area contributed by atoms with Crippen LogP contribution in [-0.4, -0.2) is 28.9 Å². The molecule has 0 aliphatic carbocycles. The second-order valence-corrected chi connectivity index (χ2v) is 4.43. The van der Waals surface area contributed by atoms with E-state index in [4.69, 9.17) is 15.1 Å². The number of nitrogens with zero attached hydrogens (tertiary/aromatic N) is 2. The minimum absolute atomic E-state index is 0.0757. The number of aromatic hydroxyl groups is 2. The van der Waals surface area contributed by atoms with Crippen molar-refractivity contribution in [1.82, 2.24) is 5.43 Å². The van der Waals surface area contributed by atoms with Gasteiger partial charge in [-0.1, -0.05) is 12.1 Å². The lowest BCUT2D eigenvalue weighted by atomic mass is 10.2. The number of carbonyl (C=O) groups is 1. The molecule has 2 aromatic rings. The van der Waals surface area contributed by atoms with Gasteiger partial charge in [0.1, 0.15) is 23.3 Å². The van der Waals surface area contributed by atoms with E-state index in [2.05, 4.69) is 10.5 Å². The molecule has 0 aliphatic heterocycles. The normalized spacial score (nSPS) is 10.2. The summed E-state index contributed by atoms with van der Waals surface area (Å²) in [5.74, 6) is -0.451. The van der Waals surface area contributed by atoms with Crippen molar-refractivity contribution in [3.05, 3.63) is 53.6 Å². The molecule has 2 aromatic carbocycles. The van der Waals surface area contributed by atoms with Crippen molar-refractivity contribution >= 4 is 12.1 Å². The van der Waals surface area contributed by atoms with Gasteiger partial charge >= 0.3 is 0 Å². The number of amides is 1. The van der Waals surface area contributed by atoms with Gasteiger partial charge in [0, 0.05) is 11.6 Å². The zero-order chi connectivity index (χ0) is 16.7. The molecule has 1 amide bonds. The Bertz CT molecular complexity index is 781. The van der Waals surface area contributed by atoms with Crippen LogP contribution in [-0.2, 0) is 4.79 Å². The van der Waals surface area contributed by atoms with Crippen LogP contribution in [0.4, 0.5) is 0 Å². The van der Waals surface area contributed by atoms with Crippen LogP contribution in [0.5, 0.6) is 17.2 Å². The van der Waals surface area contributed by atoms with Crippen molar-refractivity contribution in [3.63, 3.8) is 0 Å². The van der Waals surface area contributed by atoms with E-state index in [0.29, 0.717) is 16.9 Å². The highest BCUT2D eigenvalue weighted by Crippen LogP contribution is 2.20. The minimum Gasteiger partial charge on any atom is -0.508 e. The fraction of sp³-hybridized carbons (Fsp3) is 0.0625. The number of carbonyl (C=O) groups excluding carboxylic acids is 1. The van der Waals surface area contributed by atoms with Crippen LogP contribution >= 0.6 is 0 Å². The average molecular weight is 311 g/mol. The first-order chi connectivity index (χ1) is 11.1. The van der Waals surface area contributed by atoms with E-state index in [1.165, 1.54) is 18.3 Å². The van der Waals surface area contributed by atoms with Crippen molar-refractivity contribution in [2.24, 2.45) is 5.10 Å². The summed E-state index contributed by atoms with van der Waals surface area (Å²) in [6, 6.07) is 12.5. The predicted octanol–water partition coefficient (Wildman–Crippen LogP) is 1.50. The summed E-state index contributed by atoms with van der Waals surface area (Å²) in [5.41, 5.74) is 2.89. The Hall–Kier alpha value is -3.53. The second kappa shape index (κ2) is 7.47. The molecule has 0 unspecified atom stereocenters. The highest BCUT2D eigenvalue weighted by atomic mass is 16.5. The summed E-state index contributed by atoms with van der Waals surface area (Å²) in [5, 5.41) is 31.3. The third-order valence-electron chi connectivity index (χ3n) is 2.77. The van der Waals surface area contributed by atoms with Crippen LogP contribution in [0.15, 0.2) is 47.6 Å². The van der Waals surface area contributed by atoms with E-state index in [1.54, 1.807) is 24.3 Å². The zero-order valence-electron chi connectivity index (χ0n) is 11.9. The minimum atomic E-state index is -0.521. The molecule has 0 aromatic heterocycles. The number of nitriles is 1. The number of benzene rings is 2. The molecule has 0 atom stereocenters. The second-order valence-electron chi connectivity index (χ2n) is 4.43. The number of hydrazone groups is 1. The number of hydrogen-bond acceptors (Lipinski definition) is 6. The van der Waals surface area contributed by atoms with Gasteiger partial charge in [-0.25, -0.2) is 5.43 Å². The quantitative estimate of drug-likeness (QED) is 0.572. The third-order valence-corrected chi connectivity index (χ3v) is 2.77. The zero-order valence-corrected chi connectivity index (χ0v) is 11.9. The molecule has 0 bridgehead atoms. The summed E-state index contributed by atoms with van der Waals surface area (Å²) in [4.78, 5) is 11.6. The Morgan fingerprint density at radius 1 is 1.30 bits per heavy atom. The van der Waals surface area contributed by atoms with Gasteiger partial charge in [0.25, 0.3) is 5.91 Å².